The summed E-state index contributed by atoms with van der Waals surface area (Å²) in [5.74, 6) is -0.110. The second-order valence-electron chi connectivity index (χ2n) is 9.83. The third-order valence-corrected chi connectivity index (χ3v) is 8.23. The molecule has 0 aliphatic carbocycles. The van der Waals surface area contributed by atoms with Gasteiger partial charge in [-0.3, -0.25) is 14.1 Å². The van der Waals surface area contributed by atoms with Gasteiger partial charge >= 0.3 is 0 Å². The van der Waals surface area contributed by atoms with Crippen molar-refractivity contribution in [3.8, 4) is 33.8 Å². The molecule has 0 radical (unpaired) electrons. The van der Waals surface area contributed by atoms with E-state index in [0.29, 0.717) is 55.9 Å². The zero-order chi connectivity index (χ0) is 29.8. The van der Waals surface area contributed by atoms with Crippen molar-refractivity contribution in [2.75, 3.05) is 30.4 Å². The predicted octanol–water partition coefficient (Wildman–Crippen LogP) is 6.05. The molecule has 1 amide bonds. The molecule has 0 saturated heterocycles. The number of nitrogens with zero attached hydrogens (tertiary/aromatic N) is 2. The van der Waals surface area contributed by atoms with Gasteiger partial charge in [0.2, 0.25) is 10.0 Å². The number of anilines is 2. The lowest BCUT2D eigenvalue weighted by Crippen LogP contribution is -2.25. The quantitative estimate of drug-likeness (QED) is 0.228. The molecular weight excluding hydrogens is 559 g/mol. The van der Waals surface area contributed by atoms with E-state index in [1.54, 1.807) is 42.6 Å². The first-order valence-corrected chi connectivity index (χ1v) is 14.7. The molecule has 0 atom stereocenters. The van der Waals surface area contributed by atoms with E-state index in [2.05, 4.69) is 10.3 Å². The number of nitrogens with one attached hydrogen (secondary N) is 1. The topological polar surface area (TPSA) is 132 Å². The van der Waals surface area contributed by atoms with E-state index >= 15 is 0 Å². The largest absolute Gasteiger partial charge is 0.455 e. The summed E-state index contributed by atoms with van der Waals surface area (Å²) < 4.78 is 52.4. The highest BCUT2D eigenvalue weighted by molar-refractivity contribution is 7.92. The number of aromatic nitrogens is 1. The molecule has 212 valence electrons. The number of hydrogen-bond acceptors (Lipinski definition) is 7. The highest BCUT2D eigenvalue weighted by Gasteiger charge is 2.26. The van der Waals surface area contributed by atoms with Crippen LogP contribution in [0.4, 0.5) is 15.8 Å². The van der Waals surface area contributed by atoms with Gasteiger partial charge in [-0.25, -0.2) is 12.8 Å². The van der Waals surface area contributed by atoms with Gasteiger partial charge in [0.25, 0.3) is 5.91 Å². The molecule has 0 aliphatic heterocycles. The van der Waals surface area contributed by atoms with Crippen LogP contribution in [0.1, 0.15) is 10.4 Å². The average Bonchev–Trinajstić information content (AvgIpc) is 3.57. The number of pyridine rings is 1. The van der Waals surface area contributed by atoms with Gasteiger partial charge in [0.1, 0.15) is 28.4 Å². The summed E-state index contributed by atoms with van der Waals surface area (Å²) in [6.07, 6.45) is 2.76. The van der Waals surface area contributed by atoms with Gasteiger partial charge in [0.15, 0.2) is 5.58 Å². The van der Waals surface area contributed by atoms with E-state index < -0.39 is 21.7 Å². The number of fused-ring (bicyclic) bond motifs is 2. The van der Waals surface area contributed by atoms with Gasteiger partial charge in [0.05, 0.1) is 17.5 Å². The van der Waals surface area contributed by atoms with E-state index in [9.17, 15) is 17.6 Å². The van der Waals surface area contributed by atoms with Crippen LogP contribution in [0.5, 0.6) is 0 Å². The normalized spacial score (nSPS) is 11.7. The van der Waals surface area contributed by atoms with E-state index in [-0.39, 0.29) is 16.9 Å². The van der Waals surface area contributed by atoms with Gasteiger partial charge in [0, 0.05) is 60.2 Å². The monoisotopic (exact) mass is 584 g/mol. The van der Waals surface area contributed by atoms with Crippen LogP contribution in [0.25, 0.3) is 55.8 Å². The highest BCUT2D eigenvalue weighted by atomic mass is 32.2. The number of halogens is 1. The fraction of sp³-hybridized carbons (Fsp3) is 0.0968. The Hall–Kier alpha value is -5.16. The third-order valence-electron chi connectivity index (χ3n) is 7.04. The number of nitrogen functional groups attached to an aromatic ring is 1. The molecule has 3 aromatic carbocycles. The number of amides is 1. The van der Waals surface area contributed by atoms with Crippen LogP contribution in [0.15, 0.2) is 87.8 Å². The Balaban J connectivity index is 1.63. The Labute approximate surface area is 240 Å². The summed E-state index contributed by atoms with van der Waals surface area (Å²) in [6.45, 7) is 0. The molecule has 0 saturated carbocycles. The van der Waals surface area contributed by atoms with E-state index in [1.807, 2.05) is 12.1 Å². The van der Waals surface area contributed by atoms with Crippen LogP contribution >= 0.6 is 0 Å². The number of hydrogen-bond donors (Lipinski definition) is 2. The maximum atomic E-state index is 13.7. The van der Waals surface area contributed by atoms with Crippen molar-refractivity contribution in [1.29, 1.82) is 0 Å². The van der Waals surface area contributed by atoms with Crippen molar-refractivity contribution in [2.45, 2.75) is 0 Å². The Bertz CT molecular complexity index is 2080. The number of benzene rings is 3. The first kappa shape index (κ1) is 27.0. The van der Waals surface area contributed by atoms with E-state index in [4.69, 9.17) is 14.6 Å². The number of nitrogens with two attached hydrogens (primary N) is 1. The predicted molar refractivity (Wildman–Crippen MR) is 161 cm³/mol. The molecule has 9 nitrogen and oxygen atoms in total. The molecular formula is C31H25FN4O5S. The number of carbonyl (C=O) groups is 1. The molecule has 42 heavy (non-hydrogen) atoms. The van der Waals surface area contributed by atoms with Gasteiger partial charge < -0.3 is 19.9 Å². The molecule has 3 heterocycles. The van der Waals surface area contributed by atoms with E-state index in [1.165, 1.54) is 38.4 Å². The third kappa shape index (κ3) is 4.73. The van der Waals surface area contributed by atoms with Crippen molar-refractivity contribution < 1.29 is 26.4 Å². The van der Waals surface area contributed by atoms with Crippen molar-refractivity contribution in [3.05, 3.63) is 90.4 Å². The average molecular weight is 585 g/mol. The molecule has 0 bridgehead atoms. The Morgan fingerprint density at radius 1 is 0.952 bits per heavy atom. The number of furan rings is 2. The molecule has 0 spiro atoms. The second-order valence-corrected chi connectivity index (χ2v) is 11.8. The number of sulfonamides is 1. The molecule has 0 fully saturated rings. The van der Waals surface area contributed by atoms with Crippen LogP contribution in [0.3, 0.4) is 0 Å². The second kappa shape index (κ2) is 10.0. The Kier molecular flexibility index (Phi) is 6.46. The lowest BCUT2D eigenvalue weighted by molar-refractivity contribution is 0.0964. The fourth-order valence-electron chi connectivity index (χ4n) is 4.92. The standard InChI is InChI=1S/C31H25FN4O5S/c1-34-31(37)29-23-14-22(18-11-19(13-21(33)12-18)27-15-24-26(40-27)5-4-10-35-24)25(36(2)42(3,38)39)16-28(23)41-30(29)17-6-8-20(32)9-7-17/h4-16H,33H2,1-3H3,(H,34,37). The first-order valence-electron chi connectivity index (χ1n) is 12.8. The minimum atomic E-state index is -3.71. The zero-order valence-corrected chi connectivity index (χ0v) is 23.6. The lowest BCUT2D eigenvalue weighted by Gasteiger charge is -2.21. The summed E-state index contributed by atoms with van der Waals surface area (Å²) >= 11 is 0. The van der Waals surface area contributed by atoms with Crippen LogP contribution in [-0.2, 0) is 10.0 Å². The van der Waals surface area contributed by atoms with Gasteiger partial charge in [-0.05, 0) is 66.2 Å². The summed E-state index contributed by atoms with van der Waals surface area (Å²) in [6, 6.07) is 19.5. The molecule has 0 unspecified atom stereocenters. The summed E-state index contributed by atoms with van der Waals surface area (Å²) in [5.41, 5.74) is 11.0. The summed E-state index contributed by atoms with van der Waals surface area (Å²) in [4.78, 5) is 17.5. The van der Waals surface area contributed by atoms with Crippen LogP contribution in [-0.4, -0.2) is 39.7 Å². The van der Waals surface area contributed by atoms with E-state index in [0.717, 1.165) is 10.6 Å². The molecule has 11 heteroatoms. The van der Waals surface area contributed by atoms with Gasteiger partial charge in [-0.15, -0.1) is 0 Å². The fourth-order valence-corrected chi connectivity index (χ4v) is 5.43. The maximum Gasteiger partial charge on any atom is 0.255 e. The molecule has 0 aliphatic rings. The summed E-state index contributed by atoms with van der Waals surface area (Å²) in [5, 5.41) is 3.07. The van der Waals surface area contributed by atoms with Crippen molar-refractivity contribution in [3.63, 3.8) is 0 Å². The van der Waals surface area contributed by atoms with Crippen LogP contribution in [0, 0.1) is 5.82 Å². The van der Waals surface area contributed by atoms with Gasteiger partial charge in [-0.1, -0.05) is 0 Å². The summed E-state index contributed by atoms with van der Waals surface area (Å²) in [7, 11) is -0.786. The highest BCUT2D eigenvalue weighted by Crippen LogP contribution is 2.43. The lowest BCUT2D eigenvalue weighted by atomic mass is 9.96. The first-order chi connectivity index (χ1) is 20.0. The Morgan fingerprint density at radius 3 is 2.38 bits per heavy atom. The minimum Gasteiger partial charge on any atom is -0.455 e. The Morgan fingerprint density at radius 2 is 1.69 bits per heavy atom. The van der Waals surface area contributed by atoms with Crippen molar-refractivity contribution >= 4 is 49.4 Å². The number of carbonyl (C=O) groups excluding carboxylic acids is 1. The smallest absolute Gasteiger partial charge is 0.255 e. The minimum absolute atomic E-state index is 0.220. The van der Waals surface area contributed by atoms with Crippen LogP contribution < -0.4 is 15.4 Å². The number of rotatable bonds is 6. The SMILES string of the molecule is CNC(=O)c1c(-c2ccc(F)cc2)oc2cc(N(C)S(C)(=O)=O)c(-c3cc(N)cc(-c4cc5ncccc5o4)c3)cc12. The maximum absolute atomic E-state index is 13.7. The molecule has 3 aromatic heterocycles. The molecule has 6 aromatic rings. The van der Waals surface area contributed by atoms with Crippen molar-refractivity contribution in [1.82, 2.24) is 10.3 Å². The molecule has 6 rings (SSSR count). The van der Waals surface area contributed by atoms with Gasteiger partial charge in [-0.2, -0.15) is 0 Å². The van der Waals surface area contributed by atoms with Crippen molar-refractivity contribution in [2.24, 2.45) is 0 Å². The zero-order valence-electron chi connectivity index (χ0n) is 22.8. The van der Waals surface area contributed by atoms with Crippen LogP contribution in [0.2, 0.25) is 0 Å². The molecule has 3 N–H and O–H groups in total.